The second kappa shape index (κ2) is 10.6. The minimum absolute atomic E-state index is 0. The highest BCUT2D eigenvalue weighted by atomic mass is 35.5. The van der Waals surface area contributed by atoms with Crippen LogP contribution in [-0.2, 0) is 9.59 Å². The first-order chi connectivity index (χ1) is 11.5. The van der Waals surface area contributed by atoms with Crippen LogP contribution in [0, 0.1) is 0 Å². The molecule has 2 rings (SSSR count). The van der Waals surface area contributed by atoms with E-state index in [9.17, 15) is 9.59 Å². The number of hydrogen-bond acceptors (Lipinski definition) is 4. The lowest BCUT2D eigenvalue weighted by Gasteiger charge is -2.35. The molecule has 1 fully saturated rings. The molecule has 0 spiro atoms. The van der Waals surface area contributed by atoms with Gasteiger partial charge >= 0.3 is 0 Å². The summed E-state index contributed by atoms with van der Waals surface area (Å²) < 4.78 is 0. The molecule has 0 radical (unpaired) electrons. The number of amides is 2. The van der Waals surface area contributed by atoms with Crippen LogP contribution in [0.2, 0.25) is 5.02 Å². The number of benzene rings is 1. The Bertz CT molecular complexity index is 560. The van der Waals surface area contributed by atoms with Crippen LogP contribution in [0.4, 0.5) is 5.69 Å². The molecule has 25 heavy (non-hydrogen) atoms. The van der Waals surface area contributed by atoms with E-state index in [1.165, 1.54) is 0 Å². The number of nitrogens with zero attached hydrogens (tertiary/aromatic N) is 2. The van der Waals surface area contributed by atoms with Crippen LogP contribution in [-0.4, -0.2) is 60.4 Å². The fourth-order valence-corrected chi connectivity index (χ4v) is 2.86. The van der Waals surface area contributed by atoms with Crippen LogP contribution in [0.3, 0.4) is 0 Å². The van der Waals surface area contributed by atoms with E-state index in [2.05, 4.69) is 5.32 Å². The Hall–Kier alpha value is -1.34. The van der Waals surface area contributed by atoms with Crippen LogP contribution >= 0.6 is 24.0 Å². The second-order valence-electron chi connectivity index (χ2n) is 6.05. The topological polar surface area (TPSA) is 78.7 Å². The fourth-order valence-electron chi connectivity index (χ4n) is 2.73. The lowest BCUT2D eigenvalue weighted by Crippen LogP contribution is -2.54. The molecule has 0 bridgehead atoms. The zero-order chi connectivity index (χ0) is 17.5. The van der Waals surface area contributed by atoms with Crippen molar-refractivity contribution in [2.24, 2.45) is 5.73 Å². The fraction of sp³-hybridized carbons (Fsp3) is 0.529. The predicted molar refractivity (Wildman–Crippen MR) is 103 cm³/mol. The SMILES string of the molecule is CCCC(N)C(=O)N1CCN(CC(=O)Nc2ccc(Cl)cc2)CC1.Cl. The largest absolute Gasteiger partial charge is 0.339 e. The third-order valence-electron chi connectivity index (χ3n) is 4.10. The van der Waals surface area contributed by atoms with Crippen LogP contribution < -0.4 is 11.1 Å². The van der Waals surface area contributed by atoms with Gasteiger partial charge in [0.15, 0.2) is 0 Å². The highest BCUT2D eigenvalue weighted by Crippen LogP contribution is 2.13. The van der Waals surface area contributed by atoms with E-state index >= 15 is 0 Å². The van der Waals surface area contributed by atoms with Crippen molar-refractivity contribution in [3.8, 4) is 0 Å². The van der Waals surface area contributed by atoms with Gasteiger partial charge in [0.2, 0.25) is 11.8 Å². The normalized spacial score (nSPS) is 16.0. The first-order valence-electron chi connectivity index (χ1n) is 8.31. The second-order valence-corrected chi connectivity index (χ2v) is 6.49. The molecule has 8 heteroatoms. The minimum Gasteiger partial charge on any atom is -0.339 e. The third-order valence-corrected chi connectivity index (χ3v) is 4.35. The van der Waals surface area contributed by atoms with E-state index in [0.29, 0.717) is 44.2 Å². The van der Waals surface area contributed by atoms with Crippen molar-refractivity contribution in [3.63, 3.8) is 0 Å². The quantitative estimate of drug-likeness (QED) is 0.780. The van der Waals surface area contributed by atoms with Crippen molar-refractivity contribution in [1.82, 2.24) is 9.80 Å². The molecule has 6 nitrogen and oxygen atoms in total. The van der Waals surface area contributed by atoms with Crippen LogP contribution in [0.5, 0.6) is 0 Å². The van der Waals surface area contributed by atoms with Crippen LogP contribution in [0.15, 0.2) is 24.3 Å². The highest BCUT2D eigenvalue weighted by Gasteiger charge is 2.25. The Balaban J connectivity index is 0.00000312. The number of halogens is 2. The van der Waals surface area contributed by atoms with Gasteiger partial charge in [0.1, 0.15) is 0 Å². The van der Waals surface area contributed by atoms with Gasteiger partial charge in [0.25, 0.3) is 0 Å². The first kappa shape index (κ1) is 21.7. The molecule has 140 valence electrons. The van der Waals surface area contributed by atoms with Gasteiger partial charge in [-0.2, -0.15) is 0 Å². The summed E-state index contributed by atoms with van der Waals surface area (Å²) >= 11 is 5.82. The van der Waals surface area contributed by atoms with Crippen LogP contribution in [0.1, 0.15) is 19.8 Å². The van der Waals surface area contributed by atoms with Gasteiger partial charge in [-0.3, -0.25) is 14.5 Å². The van der Waals surface area contributed by atoms with Crippen molar-refractivity contribution in [2.75, 3.05) is 38.0 Å². The summed E-state index contributed by atoms with van der Waals surface area (Å²) in [4.78, 5) is 28.1. The first-order valence-corrected chi connectivity index (χ1v) is 8.69. The maximum atomic E-state index is 12.2. The Morgan fingerprint density at radius 1 is 1.20 bits per heavy atom. The predicted octanol–water partition coefficient (Wildman–Crippen LogP) is 1.97. The van der Waals surface area contributed by atoms with Gasteiger partial charge in [0.05, 0.1) is 12.6 Å². The highest BCUT2D eigenvalue weighted by molar-refractivity contribution is 6.30. The number of carbonyl (C=O) groups excluding carboxylic acids is 2. The molecular formula is C17H26Cl2N4O2. The summed E-state index contributed by atoms with van der Waals surface area (Å²) in [6, 6.07) is 6.61. The summed E-state index contributed by atoms with van der Waals surface area (Å²) in [5, 5.41) is 3.48. The smallest absolute Gasteiger partial charge is 0.239 e. The molecule has 1 saturated heterocycles. The number of rotatable bonds is 6. The molecule has 1 unspecified atom stereocenters. The number of hydrogen-bond donors (Lipinski definition) is 2. The van der Waals surface area contributed by atoms with E-state index in [0.717, 1.165) is 12.1 Å². The number of nitrogens with one attached hydrogen (secondary N) is 1. The number of nitrogens with two attached hydrogens (primary N) is 1. The lowest BCUT2D eigenvalue weighted by atomic mass is 10.1. The molecule has 0 saturated carbocycles. The Labute approximate surface area is 160 Å². The Kier molecular flexibility index (Phi) is 9.21. The summed E-state index contributed by atoms with van der Waals surface area (Å²) in [5.74, 6) is -0.0538. The van der Waals surface area contributed by atoms with Crippen molar-refractivity contribution >= 4 is 41.5 Å². The number of piperazine rings is 1. The molecule has 2 amide bonds. The number of anilines is 1. The van der Waals surface area contributed by atoms with Gasteiger partial charge in [-0.1, -0.05) is 24.9 Å². The van der Waals surface area contributed by atoms with Crippen LogP contribution in [0.25, 0.3) is 0 Å². The van der Waals surface area contributed by atoms with Gasteiger partial charge in [-0.05, 0) is 30.7 Å². The molecule has 1 aromatic carbocycles. The van der Waals surface area contributed by atoms with Gasteiger partial charge in [-0.15, -0.1) is 12.4 Å². The molecule has 1 atom stereocenters. The summed E-state index contributed by atoms with van der Waals surface area (Å²) in [6.07, 6.45) is 1.61. The summed E-state index contributed by atoms with van der Waals surface area (Å²) in [5.41, 5.74) is 6.62. The van der Waals surface area contributed by atoms with E-state index in [4.69, 9.17) is 17.3 Å². The molecule has 3 N–H and O–H groups in total. The molecule has 0 aliphatic carbocycles. The molecule has 1 heterocycles. The van der Waals surface area contributed by atoms with E-state index in [1.807, 2.05) is 11.8 Å². The average Bonchev–Trinajstić information content (AvgIpc) is 2.57. The molecule has 1 aromatic rings. The van der Waals surface area contributed by atoms with Crippen molar-refractivity contribution in [2.45, 2.75) is 25.8 Å². The van der Waals surface area contributed by atoms with E-state index < -0.39 is 6.04 Å². The van der Waals surface area contributed by atoms with E-state index in [-0.39, 0.29) is 24.2 Å². The lowest BCUT2D eigenvalue weighted by molar-refractivity contribution is -0.134. The molecule has 1 aliphatic heterocycles. The maximum Gasteiger partial charge on any atom is 0.239 e. The summed E-state index contributed by atoms with van der Waals surface area (Å²) in [6.45, 7) is 4.92. The molecule has 1 aliphatic rings. The van der Waals surface area contributed by atoms with Crippen molar-refractivity contribution in [3.05, 3.63) is 29.3 Å². The monoisotopic (exact) mass is 388 g/mol. The number of carbonyl (C=O) groups is 2. The maximum absolute atomic E-state index is 12.2. The van der Waals surface area contributed by atoms with Gasteiger partial charge < -0.3 is 16.0 Å². The van der Waals surface area contributed by atoms with Gasteiger partial charge in [0, 0.05) is 36.9 Å². The Morgan fingerprint density at radius 2 is 1.80 bits per heavy atom. The Morgan fingerprint density at radius 3 is 2.36 bits per heavy atom. The molecule has 0 aromatic heterocycles. The zero-order valence-corrected chi connectivity index (χ0v) is 16.0. The van der Waals surface area contributed by atoms with Crippen molar-refractivity contribution in [1.29, 1.82) is 0 Å². The molecular weight excluding hydrogens is 363 g/mol. The van der Waals surface area contributed by atoms with E-state index in [1.54, 1.807) is 29.2 Å². The standard InChI is InChI=1S/C17H25ClN4O2.ClH/c1-2-3-15(19)17(24)22-10-8-21(9-11-22)12-16(23)20-14-6-4-13(18)5-7-14;/h4-7,15H,2-3,8-12,19H2,1H3,(H,20,23);1H. The third kappa shape index (κ3) is 6.82. The minimum atomic E-state index is -0.408. The van der Waals surface area contributed by atoms with Crippen molar-refractivity contribution < 1.29 is 9.59 Å². The zero-order valence-electron chi connectivity index (χ0n) is 14.4. The average molecular weight is 389 g/mol. The van der Waals surface area contributed by atoms with Gasteiger partial charge in [-0.25, -0.2) is 0 Å². The summed E-state index contributed by atoms with van der Waals surface area (Å²) in [7, 11) is 0.